The summed E-state index contributed by atoms with van der Waals surface area (Å²) in [7, 11) is 0. The van der Waals surface area contributed by atoms with Crippen molar-refractivity contribution in [2.24, 2.45) is 0 Å². The van der Waals surface area contributed by atoms with Gasteiger partial charge >= 0.3 is 0 Å². The van der Waals surface area contributed by atoms with Crippen LogP contribution in [0.2, 0.25) is 0 Å². The highest BCUT2D eigenvalue weighted by Gasteiger charge is 2.29. The summed E-state index contributed by atoms with van der Waals surface area (Å²) >= 11 is 0. The lowest BCUT2D eigenvalue weighted by Gasteiger charge is -2.18. The third-order valence-corrected chi connectivity index (χ3v) is 2.49. The first-order valence-electron chi connectivity index (χ1n) is 4.71. The predicted octanol–water partition coefficient (Wildman–Crippen LogP) is 3.51. The summed E-state index contributed by atoms with van der Waals surface area (Å²) in [6, 6.07) is 7.84. The van der Waals surface area contributed by atoms with Gasteiger partial charge in [0.05, 0.1) is 11.7 Å². The van der Waals surface area contributed by atoms with Gasteiger partial charge in [-0.25, -0.2) is 0 Å². The van der Waals surface area contributed by atoms with Gasteiger partial charge in [0, 0.05) is 0 Å². The first-order chi connectivity index (χ1) is 6.60. The molecule has 0 aliphatic heterocycles. The molecule has 0 radical (unpaired) electrons. The van der Waals surface area contributed by atoms with Gasteiger partial charge < -0.3 is 8.83 Å². The maximum absolute atomic E-state index is 5.61. The Kier molecular flexibility index (Phi) is 1.99. The summed E-state index contributed by atoms with van der Waals surface area (Å²) in [5.41, 5.74) is -0.197. The molecule has 14 heavy (non-hydrogen) atoms. The SMILES string of the molecule is Cc1ccc(C(C)(C)c2ccco2)o1. The molecule has 0 aliphatic carbocycles. The average Bonchev–Trinajstić information content (AvgIpc) is 2.72. The summed E-state index contributed by atoms with van der Waals surface area (Å²) in [6.07, 6.45) is 1.69. The Morgan fingerprint density at radius 2 is 1.86 bits per heavy atom. The Morgan fingerprint density at radius 1 is 1.07 bits per heavy atom. The van der Waals surface area contributed by atoms with E-state index in [1.54, 1.807) is 6.26 Å². The molecule has 2 aromatic rings. The minimum Gasteiger partial charge on any atom is -0.468 e. The van der Waals surface area contributed by atoms with Gasteiger partial charge in [0.25, 0.3) is 0 Å². The van der Waals surface area contributed by atoms with Gasteiger partial charge in [-0.2, -0.15) is 0 Å². The fourth-order valence-electron chi connectivity index (χ4n) is 1.53. The van der Waals surface area contributed by atoms with Gasteiger partial charge in [-0.3, -0.25) is 0 Å². The van der Waals surface area contributed by atoms with Gasteiger partial charge in [-0.15, -0.1) is 0 Å². The van der Waals surface area contributed by atoms with Crippen LogP contribution in [0.3, 0.4) is 0 Å². The van der Waals surface area contributed by atoms with Crippen LogP contribution in [-0.4, -0.2) is 0 Å². The van der Waals surface area contributed by atoms with E-state index in [0.717, 1.165) is 17.3 Å². The highest BCUT2D eigenvalue weighted by Crippen LogP contribution is 2.32. The minimum absolute atomic E-state index is 0.197. The molecule has 2 heteroatoms. The van der Waals surface area contributed by atoms with Gasteiger partial charge in [-0.1, -0.05) is 0 Å². The van der Waals surface area contributed by atoms with E-state index in [-0.39, 0.29) is 5.41 Å². The molecule has 0 saturated heterocycles. The predicted molar refractivity (Wildman–Crippen MR) is 54.3 cm³/mol. The van der Waals surface area contributed by atoms with E-state index >= 15 is 0 Å². The molecule has 0 saturated carbocycles. The topological polar surface area (TPSA) is 26.3 Å². The lowest BCUT2D eigenvalue weighted by atomic mass is 9.87. The van der Waals surface area contributed by atoms with Crippen LogP contribution in [0.25, 0.3) is 0 Å². The summed E-state index contributed by atoms with van der Waals surface area (Å²) < 4.78 is 11.0. The molecule has 0 bridgehead atoms. The molecule has 74 valence electrons. The zero-order chi connectivity index (χ0) is 10.2. The Balaban J connectivity index is 2.42. The number of hydrogen-bond acceptors (Lipinski definition) is 2. The molecular formula is C12H14O2. The van der Waals surface area contributed by atoms with E-state index in [1.807, 2.05) is 31.2 Å². The second-order valence-electron chi connectivity index (χ2n) is 4.01. The van der Waals surface area contributed by atoms with Crippen LogP contribution in [0.5, 0.6) is 0 Å². The van der Waals surface area contributed by atoms with E-state index in [0.29, 0.717) is 0 Å². The molecule has 2 aromatic heterocycles. The van der Waals surface area contributed by atoms with E-state index in [9.17, 15) is 0 Å². The second kappa shape index (κ2) is 3.05. The van der Waals surface area contributed by atoms with Gasteiger partial charge in [-0.05, 0) is 45.0 Å². The quantitative estimate of drug-likeness (QED) is 0.724. The Labute approximate surface area is 83.5 Å². The van der Waals surface area contributed by atoms with Crippen LogP contribution >= 0.6 is 0 Å². The van der Waals surface area contributed by atoms with Crippen molar-refractivity contribution in [1.29, 1.82) is 0 Å². The largest absolute Gasteiger partial charge is 0.468 e. The third-order valence-electron chi connectivity index (χ3n) is 2.49. The Bertz CT molecular complexity index is 407. The van der Waals surface area contributed by atoms with Crippen molar-refractivity contribution in [3.63, 3.8) is 0 Å². The van der Waals surface area contributed by atoms with Crippen LogP contribution in [0.15, 0.2) is 39.4 Å². The number of hydrogen-bond donors (Lipinski definition) is 0. The van der Waals surface area contributed by atoms with Crippen molar-refractivity contribution >= 4 is 0 Å². The van der Waals surface area contributed by atoms with Crippen LogP contribution in [0.4, 0.5) is 0 Å². The van der Waals surface area contributed by atoms with E-state index in [4.69, 9.17) is 8.83 Å². The summed E-state index contributed by atoms with van der Waals surface area (Å²) in [5.74, 6) is 2.79. The minimum atomic E-state index is -0.197. The van der Waals surface area contributed by atoms with Crippen LogP contribution < -0.4 is 0 Å². The summed E-state index contributed by atoms with van der Waals surface area (Å²) in [4.78, 5) is 0. The van der Waals surface area contributed by atoms with Crippen molar-refractivity contribution in [2.75, 3.05) is 0 Å². The van der Waals surface area contributed by atoms with Crippen molar-refractivity contribution < 1.29 is 8.83 Å². The number of rotatable bonds is 2. The Morgan fingerprint density at radius 3 is 2.36 bits per heavy atom. The maximum atomic E-state index is 5.61. The molecule has 0 aromatic carbocycles. The highest BCUT2D eigenvalue weighted by molar-refractivity contribution is 5.26. The van der Waals surface area contributed by atoms with E-state index in [1.165, 1.54) is 0 Å². The number of furan rings is 2. The van der Waals surface area contributed by atoms with Crippen LogP contribution in [0, 0.1) is 6.92 Å². The lowest BCUT2D eigenvalue weighted by molar-refractivity contribution is 0.357. The fraction of sp³-hybridized carbons (Fsp3) is 0.333. The lowest BCUT2D eigenvalue weighted by Crippen LogP contribution is -2.16. The van der Waals surface area contributed by atoms with E-state index < -0.39 is 0 Å². The smallest absolute Gasteiger partial charge is 0.117 e. The highest BCUT2D eigenvalue weighted by atomic mass is 16.4. The molecule has 0 unspecified atom stereocenters. The van der Waals surface area contributed by atoms with Crippen molar-refractivity contribution in [3.05, 3.63) is 47.8 Å². The summed E-state index contributed by atoms with van der Waals surface area (Å²) in [5, 5.41) is 0. The third kappa shape index (κ3) is 1.37. The molecular weight excluding hydrogens is 176 g/mol. The average molecular weight is 190 g/mol. The monoisotopic (exact) mass is 190 g/mol. The zero-order valence-electron chi connectivity index (χ0n) is 8.70. The second-order valence-corrected chi connectivity index (χ2v) is 4.01. The summed E-state index contributed by atoms with van der Waals surface area (Å²) in [6.45, 7) is 6.12. The fourth-order valence-corrected chi connectivity index (χ4v) is 1.53. The van der Waals surface area contributed by atoms with Crippen molar-refractivity contribution in [3.8, 4) is 0 Å². The first-order valence-corrected chi connectivity index (χ1v) is 4.71. The van der Waals surface area contributed by atoms with Crippen LogP contribution in [0.1, 0.15) is 31.1 Å². The van der Waals surface area contributed by atoms with Gasteiger partial charge in [0.15, 0.2) is 0 Å². The first kappa shape index (κ1) is 9.13. The molecule has 0 aliphatic rings. The Hall–Kier alpha value is -1.44. The van der Waals surface area contributed by atoms with E-state index in [2.05, 4.69) is 13.8 Å². The van der Waals surface area contributed by atoms with Crippen LogP contribution in [-0.2, 0) is 5.41 Å². The molecule has 0 amide bonds. The standard InChI is InChI=1S/C12H14O2/c1-9-6-7-11(14-9)12(2,3)10-5-4-8-13-10/h4-8H,1-3H3. The van der Waals surface area contributed by atoms with Gasteiger partial charge in [0.1, 0.15) is 17.3 Å². The molecule has 2 heterocycles. The van der Waals surface area contributed by atoms with Crippen molar-refractivity contribution in [1.82, 2.24) is 0 Å². The van der Waals surface area contributed by atoms with Gasteiger partial charge in [0.2, 0.25) is 0 Å². The molecule has 0 spiro atoms. The van der Waals surface area contributed by atoms with Crippen molar-refractivity contribution in [2.45, 2.75) is 26.2 Å². The zero-order valence-corrected chi connectivity index (χ0v) is 8.70. The molecule has 0 fully saturated rings. The molecule has 0 N–H and O–H groups in total. The molecule has 2 rings (SSSR count). The molecule has 0 atom stereocenters. The maximum Gasteiger partial charge on any atom is 0.117 e. The number of aryl methyl sites for hydroxylation is 1. The normalized spacial score (nSPS) is 11.9. The molecule has 2 nitrogen and oxygen atoms in total.